The molecule has 1 aliphatic rings. The van der Waals surface area contributed by atoms with Gasteiger partial charge in [-0.05, 0) is 37.9 Å². The Kier molecular flexibility index (Phi) is 5.18. The first-order valence-corrected chi connectivity index (χ1v) is 7.73. The van der Waals surface area contributed by atoms with Gasteiger partial charge in [0.2, 0.25) is 0 Å². The van der Waals surface area contributed by atoms with Gasteiger partial charge in [-0.25, -0.2) is 0 Å². The Morgan fingerprint density at radius 2 is 2.06 bits per heavy atom. The number of rotatable bonds is 5. The van der Waals surface area contributed by atoms with Crippen LogP contribution in [0.2, 0.25) is 0 Å². The minimum atomic E-state index is 0.484. The van der Waals surface area contributed by atoms with E-state index in [-0.39, 0.29) is 0 Å². The summed E-state index contributed by atoms with van der Waals surface area (Å²) in [5, 5.41) is 5.82. The van der Waals surface area contributed by atoms with Crippen molar-refractivity contribution in [3.8, 4) is 0 Å². The molecule has 3 nitrogen and oxygen atoms in total. The molecule has 0 amide bonds. The van der Waals surface area contributed by atoms with Crippen molar-refractivity contribution in [3.63, 3.8) is 0 Å². The summed E-state index contributed by atoms with van der Waals surface area (Å²) in [6.45, 7) is 11.6. The summed E-state index contributed by atoms with van der Waals surface area (Å²) in [5.41, 5.74) is 1.42. The predicted octanol–water partition coefficient (Wildman–Crippen LogP) is 1.95. The lowest BCUT2D eigenvalue weighted by Gasteiger charge is -2.32. The third kappa shape index (κ3) is 3.79. The summed E-state index contributed by atoms with van der Waals surface area (Å²) < 4.78 is 0. The van der Waals surface area contributed by atoms with Crippen LogP contribution in [-0.4, -0.2) is 56.1 Å². The lowest BCUT2D eigenvalue weighted by Crippen LogP contribution is -2.46. The van der Waals surface area contributed by atoms with Crippen LogP contribution < -0.4 is 5.32 Å². The molecule has 0 spiro atoms. The Morgan fingerprint density at radius 1 is 1.33 bits per heavy atom. The molecule has 0 aliphatic carbocycles. The number of hydrogen-bond acceptors (Lipinski definition) is 4. The number of thiophene rings is 1. The highest BCUT2D eigenvalue weighted by Crippen LogP contribution is 2.23. The highest BCUT2D eigenvalue weighted by atomic mass is 32.1. The van der Waals surface area contributed by atoms with Crippen molar-refractivity contribution >= 4 is 11.3 Å². The minimum absolute atomic E-state index is 0.484. The Balaban J connectivity index is 1.68. The van der Waals surface area contributed by atoms with Crippen molar-refractivity contribution < 1.29 is 0 Å². The molecule has 1 unspecified atom stereocenters. The van der Waals surface area contributed by atoms with Gasteiger partial charge in [-0.3, -0.25) is 4.90 Å². The quantitative estimate of drug-likeness (QED) is 0.880. The molecular formula is C14H25N3S. The van der Waals surface area contributed by atoms with Crippen LogP contribution in [0, 0.1) is 6.92 Å². The Bertz CT molecular complexity index is 356. The second-order valence-corrected chi connectivity index (χ2v) is 6.24. The van der Waals surface area contributed by atoms with Crippen molar-refractivity contribution in [2.45, 2.75) is 19.9 Å². The lowest BCUT2D eigenvalue weighted by atomic mass is 10.2. The van der Waals surface area contributed by atoms with Crippen molar-refractivity contribution in [2.75, 3.05) is 46.3 Å². The predicted molar refractivity (Wildman–Crippen MR) is 79.4 cm³/mol. The maximum atomic E-state index is 3.64. The van der Waals surface area contributed by atoms with Gasteiger partial charge in [-0.15, -0.1) is 11.3 Å². The first-order chi connectivity index (χ1) is 8.66. The van der Waals surface area contributed by atoms with Gasteiger partial charge in [0, 0.05) is 50.2 Å². The second kappa shape index (κ2) is 6.66. The Labute approximate surface area is 115 Å². The smallest absolute Gasteiger partial charge is 0.0389 e. The van der Waals surface area contributed by atoms with E-state index in [1.165, 1.54) is 43.2 Å². The van der Waals surface area contributed by atoms with E-state index in [1.807, 2.05) is 11.3 Å². The molecule has 1 fully saturated rings. The largest absolute Gasteiger partial charge is 0.308 e. The van der Waals surface area contributed by atoms with Crippen LogP contribution in [0.15, 0.2) is 11.4 Å². The topological polar surface area (TPSA) is 18.5 Å². The molecule has 18 heavy (non-hydrogen) atoms. The third-order valence-electron chi connectivity index (χ3n) is 3.77. The van der Waals surface area contributed by atoms with Crippen molar-refractivity contribution in [3.05, 3.63) is 21.9 Å². The Hall–Kier alpha value is -0.420. The van der Waals surface area contributed by atoms with Crippen LogP contribution in [0.1, 0.15) is 23.4 Å². The van der Waals surface area contributed by atoms with Crippen LogP contribution in [0.25, 0.3) is 0 Å². The van der Waals surface area contributed by atoms with Gasteiger partial charge in [0.1, 0.15) is 0 Å². The average molecular weight is 267 g/mol. The number of nitrogens with zero attached hydrogens (tertiary/aromatic N) is 2. The summed E-state index contributed by atoms with van der Waals surface area (Å²) in [6, 6.07) is 2.69. The van der Waals surface area contributed by atoms with E-state index in [0.717, 1.165) is 6.54 Å². The number of nitrogens with one attached hydrogen (secondary N) is 1. The van der Waals surface area contributed by atoms with E-state index in [1.54, 1.807) is 0 Å². The SMILES string of the molecule is Cc1ccsc1C(C)NCCN1CCN(C)CC1. The monoisotopic (exact) mass is 267 g/mol. The van der Waals surface area contributed by atoms with E-state index in [9.17, 15) is 0 Å². The number of likely N-dealkylation sites (N-methyl/N-ethyl adjacent to an activating group) is 1. The third-order valence-corrected chi connectivity index (χ3v) is 4.97. The van der Waals surface area contributed by atoms with E-state index < -0.39 is 0 Å². The van der Waals surface area contributed by atoms with Gasteiger partial charge in [0.05, 0.1) is 0 Å². The van der Waals surface area contributed by atoms with Crippen LogP contribution in [0.5, 0.6) is 0 Å². The molecule has 1 saturated heterocycles. The summed E-state index contributed by atoms with van der Waals surface area (Å²) in [4.78, 5) is 6.44. The highest BCUT2D eigenvalue weighted by molar-refractivity contribution is 7.10. The summed E-state index contributed by atoms with van der Waals surface area (Å²) in [6.07, 6.45) is 0. The van der Waals surface area contributed by atoms with Crippen LogP contribution in [-0.2, 0) is 0 Å². The van der Waals surface area contributed by atoms with E-state index >= 15 is 0 Å². The molecule has 0 radical (unpaired) electrons. The van der Waals surface area contributed by atoms with E-state index in [0.29, 0.717) is 6.04 Å². The zero-order valence-corrected chi connectivity index (χ0v) is 12.6. The van der Waals surface area contributed by atoms with Gasteiger partial charge in [0.15, 0.2) is 0 Å². The fraction of sp³-hybridized carbons (Fsp3) is 0.714. The molecule has 1 aromatic heterocycles. The van der Waals surface area contributed by atoms with E-state index in [4.69, 9.17) is 0 Å². The van der Waals surface area contributed by atoms with Gasteiger partial charge in [-0.1, -0.05) is 0 Å². The van der Waals surface area contributed by atoms with Gasteiger partial charge in [-0.2, -0.15) is 0 Å². The van der Waals surface area contributed by atoms with Gasteiger partial charge < -0.3 is 10.2 Å². The molecule has 1 N–H and O–H groups in total. The van der Waals surface area contributed by atoms with Crippen LogP contribution in [0.3, 0.4) is 0 Å². The summed E-state index contributed by atoms with van der Waals surface area (Å²) in [7, 11) is 2.21. The standard InChI is InChI=1S/C14H25N3S/c1-12-4-11-18-14(12)13(2)15-5-6-17-9-7-16(3)8-10-17/h4,11,13,15H,5-10H2,1-3H3. The fourth-order valence-corrected chi connectivity index (χ4v) is 3.39. The van der Waals surface area contributed by atoms with Gasteiger partial charge in [0.25, 0.3) is 0 Å². The molecule has 0 bridgehead atoms. The minimum Gasteiger partial charge on any atom is -0.308 e. The molecule has 1 atom stereocenters. The summed E-state index contributed by atoms with van der Waals surface area (Å²) in [5.74, 6) is 0. The van der Waals surface area contributed by atoms with Gasteiger partial charge >= 0.3 is 0 Å². The fourth-order valence-electron chi connectivity index (χ4n) is 2.43. The zero-order valence-electron chi connectivity index (χ0n) is 11.8. The van der Waals surface area contributed by atoms with Crippen LogP contribution >= 0.6 is 11.3 Å². The second-order valence-electron chi connectivity index (χ2n) is 5.29. The molecule has 2 heterocycles. The molecule has 2 rings (SSSR count). The van der Waals surface area contributed by atoms with Crippen molar-refractivity contribution in [1.82, 2.24) is 15.1 Å². The molecule has 1 aromatic rings. The van der Waals surface area contributed by atoms with Crippen LogP contribution in [0.4, 0.5) is 0 Å². The average Bonchev–Trinajstić information content (AvgIpc) is 2.78. The molecule has 0 saturated carbocycles. The lowest BCUT2D eigenvalue weighted by molar-refractivity contribution is 0.154. The molecule has 102 valence electrons. The maximum absolute atomic E-state index is 3.64. The molecular weight excluding hydrogens is 242 g/mol. The normalized spacial score (nSPS) is 20.2. The van der Waals surface area contributed by atoms with Crippen molar-refractivity contribution in [2.24, 2.45) is 0 Å². The maximum Gasteiger partial charge on any atom is 0.0389 e. The molecule has 1 aliphatic heterocycles. The van der Waals surface area contributed by atoms with Crippen molar-refractivity contribution in [1.29, 1.82) is 0 Å². The number of aryl methyl sites for hydroxylation is 1. The zero-order chi connectivity index (χ0) is 13.0. The first kappa shape index (κ1) is 14.0. The first-order valence-electron chi connectivity index (χ1n) is 6.85. The summed E-state index contributed by atoms with van der Waals surface area (Å²) >= 11 is 1.86. The highest BCUT2D eigenvalue weighted by Gasteiger charge is 2.14. The Morgan fingerprint density at radius 3 is 2.67 bits per heavy atom. The molecule has 0 aromatic carbocycles. The number of hydrogen-bond donors (Lipinski definition) is 1. The number of piperazine rings is 1. The van der Waals surface area contributed by atoms with E-state index in [2.05, 4.69) is 47.5 Å². The molecule has 4 heteroatoms.